The van der Waals surface area contributed by atoms with Crippen LogP contribution in [0.5, 0.6) is 5.75 Å². The Hall–Kier alpha value is -2.38. The van der Waals surface area contributed by atoms with Crippen molar-refractivity contribution >= 4 is 41.1 Å². The quantitative estimate of drug-likeness (QED) is 0.438. The van der Waals surface area contributed by atoms with Gasteiger partial charge in [0.1, 0.15) is 18.0 Å². The van der Waals surface area contributed by atoms with Crippen LogP contribution in [0.25, 0.3) is 0 Å². The van der Waals surface area contributed by atoms with Crippen LogP contribution in [0.3, 0.4) is 0 Å². The van der Waals surface area contributed by atoms with Crippen LogP contribution < -0.4 is 9.64 Å². The van der Waals surface area contributed by atoms with Crippen LogP contribution >= 0.6 is 23.4 Å². The summed E-state index contributed by atoms with van der Waals surface area (Å²) in [7, 11) is 0. The molecule has 194 valence electrons. The highest BCUT2D eigenvalue weighted by molar-refractivity contribution is 8.00. The summed E-state index contributed by atoms with van der Waals surface area (Å²) in [5, 5.41) is 0.681. The predicted molar refractivity (Wildman–Crippen MR) is 145 cm³/mol. The zero-order valence-electron chi connectivity index (χ0n) is 21.9. The molecule has 2 aromatic rings. The Bertz CT molecular complexity index is 1150. The normalized spacial score (nSPS) is 21.6. The highest BCUT2D eigenvalue weighted by Gasteiger charge is 2.45. The molecule has 0 saturated carbocycles. The first-order valence-corrected chi connectivity index (χ1v) is 13.5. The number of thioether (sulfide) groups is 1. The molecule has 2 aliphatic rings. The van der Waals surface area contributed by atoms with Crippen LogP contribution in [0.2, 0.25) is 5.02 Å². The lowest BCUT2D eigenvalue weighted by atomic mass is 9.93. The minimum absolute atomic E-state index is 0.0544. The van der Waals surface area contributed by atoms with Crippen LogP contribution in [-0.2, 0) is 14.3 Å². The molecule has 0 aromatic heterocycles. The summed E-state index contributed by atoms with van der Waals surface area (Å²) in [6.07, 6.45) is 0.442. The lowest BCUT2D eigenvalue weighted by Gasteiger charge is -2.31. The lowest BCUT2D eigenvalue weighted by molar-refractivity contribution is -0.127. The van der Waals surface area contributed by atoms with Gasteiger partial charge >= 0.3 is 6.09 Å². The Morgan fingerprint density at radius 3 is 2.50 bits per heavy atom. The summed E-state index contributed by atoms with van der Waals surface area (Å²) in [5.41, 5.74) is 0.652. The predicted octanol–water partition coefficient (Wildman–Crippen LogP) is 6.74. The average molecular weight is 531 g/mol. The third-order valence-corrected chi connectivity index (χ3v) is 8.24. The largest absolute Gasteiger partial charge is 0.490 e. The third-order valence-electron chi connectivity index (χ3n) is 6.52. The van der Waals surface area contributed by atoms with Gasteiger partial charge in [-0.25, -0.2) is 4.79 Å². The number of ether oxygens (including phenoxy) is 2. The highest BCUT2D eigenvalue weighted by Crippen LogP contribution is 2.50. The number of fused-ring (bicyclic) bond motifs is 1. The van der Waals surface area contributed by atoms with E-state index < -0.39 is 15.8 Å². The Morgan fingerprint density at radius 1 is 1.17 bits per heavy atom. The van der Waals surface area contributed by atoms with Gasteiger partial charge < -0.3 is 19.3 Å². The molecule has 2 aliphatic heterocycles. The Balaban J connectivity index is 1.73. The first-order chi connectivity index (χ1) is 16.8. The van der Waals surface area contributed by atoms with Crippen molar-refractivity contribution < 1.29 is 19.1 Å². The Kier molecular flexibility index (Phi) is 7.28. The lowest BCUT2D eigenvalue weighted by Crippen LogP contribution is -2.42. The molecule has 2 amide bonds. The van der Waals surface area contributed by atoms with E-state index in [2.05, 4.69) is 6.07 Å². The van der Waals surface area contributed by atoms with Gasteiger partial charge in [-0.15, -0.1) is 11.8 Å². The molecule has 1 atom stereocenters. The second-order valence-corrected chi connectivity index (χ2v) is 13.0. The topological polar surface area (TPSA) is 59.1 Å². The molecule has 0 radical (unpaired) electrons. The van der Waals surface area contributed by atoms with Crippen LogP contribution in [0, 0.1) is 5.41 Å². The fourth-order valence-electron chi connectivity index (χ4n) is 4.62. The van der Waals surface area contributed by atoms with Crippen LogP contribution in [-0.4, -0.2) is 48.7 Å². The van der Waals surface area contributed by atoms with E-state index >= 15 is 0 Å². The van der Waals surface area contributed by atoms with Gasteiger partial charge in [-0.3, -0.25) is 4.79 Å². The zero-order chi connectivity index (χ0) is 26.3. The molecular weight excluding hydrogens is 496 g/mol. The number of amides is 2. The van der Waals surface area contributed by atoms with Gasteiger partial charge in [0.05, 0.1) is 15.8 Å². The number of rotatable bonds is 4. The summed E-state index contributed by atoms with van der Waals surface area (Å²) in [6.45, 7) is 13.4. The Labute approximate surface area is 223 Å². The van der Waals surface area contributed by atoms with Gasteiger partial charge in [0.2, 0.25) is 5.91 Å². The van der Waals surface area contributed by atoms with Crippen molar-refractivity contribution in [1.29, 1.82) is 0 Å². The maximum Gasteiger partial charge on any atom is 0.410 e. The minimum Gasteiger partial charge on any atom is -0.490 e. The molecule has 1 fully saturated rings. The zero-order valence-corrected chi connectivity index (χ0v) is 23.5. The molecule has 2 aromatic carbocycles. The van der Waals surface area contributed by atoms with Crippen LogP contribution in [0.1, 0.15) is 53.5 Å². The number of hydrogen-bond acceptors (Lipinski definition) is 5. The number of anilines is 1. The molecule has 0 aliphatic carbocycles. The molecule has 8 heteroatoms. The van der Waals surface area contributed by atoms with E-state index in [9.17, 15) is 9.59 Å². The van der Waals surface area contributed by atoms with E-state index in [1.54, 1.807) is 21.6 Å². The summed E-state index contributed by atoms with van der Waals surface area (Å²) >= 11 is 7.85. The maximum absolute atomic E-state index is 13.1. The SMILES string of the molecule is CCN1C(=O)C(C)(C)COc2cc(C3(Sc4ccc(Cl)cc4)CCN(C(=O)OC(C)(C)C)C3)ccc21. The molecule has 1 unspecified atom stereocenters. The molecule has 36 heavy (non-hydrogen) atoms. The molecule has 2 heterocycles. The van der Waals surface area contributed by atoms with Crippen molar-refractivity contribution in [3.63, 3.8) is 0 Å². The van der Waals surface area contributed by atoms with Crippen molar-refractivity contribution in [3.8, 4) is 5.75 Å². The molecule has 4 rings (SSSR count). The number of nitrogens with zero attached hydrogens (tertiary/aromatic N) is 2. The van der Waals surface area contributed by atoms with Crippen LogP contribution in [0.15, 0.2) is 47.4 Å². The molecule has 0 bridgehead atoms. The Morgan fingerprint density at radius 2 is 1.86 bits per heavy atom. The minimum atomic E-state index is -0.619. The number of halogens is 1. The third kappa shape index (κ3) is 5.47. The summed E-state index contributed by atoms with van der Waals surface area (Å²) in [5.74, 6) is 0.749. The van der Waals surface area contributed by atoms with E-state index in [4.69, 9.17) is 21.1 Å². The monoisotopic (exact) mass is 530 g/mol. The van der Waals surface area contributed by atoms with Gasteiger partial charge in [-0.1, -0.05) is 17.7 Å². The first kappa shape index (κ1) is 26.7. The second kappa shape index (κ2) is 9.82. The molecule has 1 saturated heterocycles. The number of carbonyl (C=O) groups is 2. The summed E-state index contributed by atoms with van der Waals surface area (Å²) < 4.78 is 11.5. The van der Waals surface area contributed by atoms with Gasteiger partial charge in [0.25, 0.3) is 0 Å². The molecule has 0 spiro atoms. The standard InChI is InChI=1S/C28H35ClN2O4S/c1-7-31-22-13-8-19(16-23(22)34-18-27(5,6)24(31)32)28(36-21-11-9-20(29)10-12-21)14-15-30(17-28)25(33)35-26(2,3)4/h8-13,16H,7,14-15,17-18H2,1-6H3. The fraction of sp³-hybridized carbons (Fsp3) is 0.500. The fourth-order valence-corrected chi connectivity index (χ4v) is 6.12. The van der Waals surface area contributed by atoms with E-state index in [1.165, 1.54) is 0 Å². The molecule has 6 nitrogen and oxygen atoms in total. The van der Waals surface area contributed by atoms with Gasteiger partial charge in [0.15, 0.2) is 0 Å². The molecule has 0 N–H and O–H groups in total. The van der Waals surface area contributed by atoms with Gasteiger partial charge in [-0.05, 0) is 89.9 Å². The van der Waals surface area contributed by atoms with Gasteiger partial charge in [0, 0.05) is 29.6 Å². The van der Waals surface area contributed by atoms with Crippen molar-refractivity contribution in [3.05, 3.63) is 53.1 Å². The van der Waals surface area contributed by atoms with Gasteiger partial charge in [-0.2, -0.15) is 0 Å². The first-order valence-electron chi connectivity index (χ1n) is 12.4. The highest BCUT2D eigenvalue weighted by atomic mass is 35.5. The smallest absolute Gasteiger partial charge is 0.410 e. The maximum atomic E-state index is 13.1. The average Bonchev–Trinajstić information content (AvgIpc) is 3.21. The molecular formula is C28H35ClN2O4S. The van der Waals surface area contributed by atoms with E-state index in [-0.39, 0.29) is 12.0 Å². The number of benzene rings is 2. The van der Waals surface area contributed by atoms with E-state index in [0.717, 1.165) is 22.6 Å². The van der Waals surface area contributed by atoms with E-state index in [0.29, 0.717) is 37.0 Å². The number of likely N-dealkylation sites (tertiary alicyclic amines) is 1. The summed E-state index contributed by atoms with van der Waals surface area (Å²) in [6, 6.07) is 13.9. The summed E-state index contributed by atoms with van der Waals surface area (Å²) in [4.78, 5) is 30.7. The van der Waals surface area contributed by atoms with E-state index in [1.807, 2.05) is 77.9 Å². The van der Waals surface area contributed by atoms with Crippen molar-refractivity contribution in [2.45, 2.75) is 63.2 Å². The number of carbonyl (C=O) groups excluding carboxylic acids is 2. The van der Waals surface area contributed by atoms with Crippen molar-refractivity contribution in [1.82, 2.24) is 4.90 Å². The van der Waals surface area contributed by atoms with Crippen molar-refractivity contribution in [2.24, 2.45) is 5.41 Å². The second-order valence-electron chi connectivity index (χ2n) is 11.1. The van der Waals surface area contributed by atoms with Crippen LogP contribution in [0.4, 0.5) is 10.5 Å². The van der Waals surface area contributed by atoms with Crippen molar-refractivity contribution in [2.75, 3.05) is 31.1 Å². The number of hydrogen-bond donors (Lipinski definition) is 0.